The van der Waals surface area contributed by atoms with Crippen LogP contribution in [-0.2, 0) is 20.9 Å². The standard InChI is InChI=1S/C20H19NO6/c1-12-19(23)21(11-15-6-4-5-7-17(15)27-13(2)22)16-10-14(20(24)25-3)8-9-18(16)26-12/h4-10,12H,11H2,1-3H3. The van der Waals surface area contributed by atoms with Crippen LogP contribution in [0.3, 0.4) is 0 Å². The lowest BCUT2D eigenvalue weighted by atomic mass is 10.1. The summed E-state index contributed by atoms with van der Waals surface area (Å²) in [6.07, 6.45) is -0.678. The molecule has 2 aromatic rings. The molecule has 0 fully saturated rings. The third-order valence-corrected chi connectivity index (χ3v) is 4.14. The van der Waals surface area contributed by atoms with Gasteiger partial charge in [-0.25, -0.2) is 4.79 Å². The van der Waals surface area contributed by atoms with E-state index >= 15 is 0 Å². The molecule has 2 aromatic carbocycles. The average Bonchev–Trinajstić information content (AvgIpc) is 2.65. The summed E-state index contributed by atoms with van der Waals surface area (Å²) in [5.74, 6) is -0.355. The van der Waals surface area contributed by atoms with Crippen LogP contribution in [0.15, 0.2) is 42.5 Å². The van der Waals surface area contributed by atoms with E-state index in [4.69, 9.17) is 14.2 Å². The number of methoxy groups -OCH3 is 1. The van der Waals surface area contributed by atoms with Crippen molar-refractivity contribution < 1.29 is 28.6 Å². The molecule has 0 aromatic heterocycles. The first kappa shape index (κ1) is 18.4. The van der Waals surface area contributed by atoms with E-state index in [9.17, 15) is 14.4 Å². The molecule has 0 saturated heterocycles. The second kappa shape index (κ2) is 7.49. The fourth-order valence-corrected chi connectivity index (χ4v) is 2.87. The van der Waals surface area contributed by atoms with Crippen molar-refractivity contribution in [3.05, 3.63) is 53.6 Å². The quantitative estimate of drug-likeness (QED) is 0.609. The Balaban J connectivity index is 2.02. The molecule has 3 rings (SSSR count). The van der Waals surface area contributed by atoms with E-state index in [-0.39, 0.29) is 12.5 Å². The molecule has 1 amide bonds. The Morgan fingerprint density at radius 3 is 2.63 bits per heavy atom. The van der Waals surface area contributed by atoms with Crippen molar-refractivity contribution in [2.75, 3.05) is 12.0 Å². The minimum atomic E-state index is -0.678. The highest BCUT2D eigenvalue weighted by Crippen LogP contribution is 2.37. The zero-order chi connectivity index (χ0) is 19.6. The molecular formula is C20H19NO6. The second-order valence-electron chi connectivity index (χ2n) is 6.06. The van der Waals surface area contributed by atoms with E-state index in [1.807, 2.05) is 0 Å². The minimum Gasteiger partial charge on any atom is -0.479 e. The molecule has 1 unspecified atom stereocenters. The number of nitrogens with zero attached hydrogens (tertiary/aromatic N) is 1. The minimum absolute atomic E-state index is 0.160. The molecule has 1 heterocycles. The summed E-state index contributed by atoms with van der Waals surface area (Å²) in [5, 5.41) is 0. The van der Waals surface area contributed by atoms with Gasteiger partial charge in [0.2, 0.25) is 0 Å². The van der Waals surface area contributed by atoms with E-state index in [1.54, 1.807) is 49.4 Å². The summed E-state index contributed by atoms with van der Waals surface area (Å²) in [6.45, 7) is 3.13. The van der Waals surface area contributed by atoms with Crippen molar-refractivity contribution in [1.82, 2.24) is 0 Å². The number of benzene rings is 2. The van der Waals surface area contributed by atoms with Gasteiger partial charge in [-0.3, -0.25) is 9.59 Å². The molecule has 0 saturated carbocycles. The van der Waals surface area contributed by atoms with Gasteiger partial charge in [-0.15, -0.1) is 0 Å². The highest BCUT2D eigenvalue weighted by Gasteiger charge is 2.32. The zero-order valence-electron chi connectivity index (χ0n) is 15.2. The third-order valence-electron chi connectivity index (χ3n) is 4.14. The molecule has 140 valence electrons. The van der Waals surface area contributed by atoms with Crippen LogP contribution in [0.1, 0.15) is 29.8 Å². The SMILES string of the molecule is COC(=O)c1ccc2c(c1)N(Cc1ccccc1OC(C)=O)C(=O)C(C)O2. The number of esters is 2. The summed E-state index contributed by atoms with van der Waals surface area (Å²) < 4.78 is 15.6. The van der Waals surface area contributed by atoms with Crippen molar-refractivity contribution in [2.45, 2.75) is 26.5 Å². The maximum absolute atomic E-state index is 12.8. The number of hydrogen-bond acceptors (Lipinski definition) is 6. The number of anilines is 1. The van der Waals surface area contributed by atoms with Gasteiger partial charge < -0.3 is 19.1 Å². The number of ether oxygens (including phenoxy) is 3. The fraction of sp³-hybridized carbons (Fsp3) is 0.250. The van der Waals surface area contributed by atoms with Crippen LogP contribution in [0.5, 0.6) is 11.5 Å². The first-order valence-corrected chi connectivity index (χ1v) is 8.37. The number of carbonyl (C=O) groups excluding carboxylic acids is 3. The summed E-state index contributed by atoms with van der Waals surface area (Å²) in [4.78, 5) is 37.5. The summed E-state index contributed by atoms with van der Waals surface area (Å²) in [7, 11) is 1.29. The number of hydrogen-bond donors (Lipinski definition) is 0. The van der Waals surface area contributed by atoms with Gasteiger partial charge in [-0.1, -0.05) is 18.2 Å². The Morgan fingerprint density at radius 2 is 1.93 bits per heavy atom. The Bertz CT molecular complexity index is 907. The molecule has 1 aliphatic rings. The van der Waals surface area contributed by atoms with Crippen LogP contribution in [0.2, 0.25) is 0 Å². The molecule has 0 radical (unpaired) electrons. The molecule has 27 heavy (non-hydrogen) atoms. The van der Waals surface area contributed by atoms with E-state index in [1.165, 1.54) is 18.9 Å². The molecule has 7 heteroatoms. The van der Waals surface area contributed by atoms with Gasteiger partial charge in [-0.2, -0.15) is 0 Å². The number of amides is 1. The molecule has 1 aliphatic heterocycles. The van der Waals surface area contributed by atoms with Crippen molar-refractivity contribution >= 4 is 23.5 Å². The van der Waals surface area contributed by atoms with Gasteiger partial charge >= 0.3 is 11.9 Å². The zero-order valence-corrected chi connectivity index (χ0v) is 15.2. The largest absolute Gasteiger partial charge is 0.479 e. The lowest BCUT2D eigenvalue weighted by Crippen LogP contribution is -2.44. The maximum Gasteiger partial charge on any atom is 0.337 e. The second-order valence-corrected chi connectivity index (χ2v) is 6.06. The van der Waals surface area contributed by atoms with Crippen molar-refractivity contribution in [2.24, 2.45) is 0 Å². The number of fused-ring (bicyclic) bond motifs is 1. The van der Waals surface area contributed by atoms with Crippen LogP contribution in [0.25, 0.3) is 0 Å². The van der Waals surface area contributed by atoms with Crippen molar-refractivity contribution in [3.63, 3.8) is 0 Å². The lowest BCUT2D eigenvalue weighted by Gasteiger charge is -2.33. The van der Waals surface area contributed by atoms with Gasteiger partial charge in [0.1, 0.15) is 11.5 Å². The average molecular weight is 369 g/mol. The predicted molar refractivity (Wildman–Crippen MR) is 96.8 cm³/mol. The Hall–Kier alpha value is -3.35. The number of rotatable bonds is 4. The smallest absolute Gasteiger partial charge is 0.337 e. The third kappa shape index (κ3) is 3.76. The van der Waals surface area contributed by atoms with Gasteiger partial charge in [-0.05, 0) is 31.2 Å². The predicted octanol–water partition coefficient (Wildman–Crippen LogP) is 2.71. The fourth-order valence-electron chi connectivity index (χ4n) is 2.87. The first-order valence-electron chi connectivity index (χ1n) is 8.37. The molecule has 0 N–H and O–H groups in total. The lowest BCUT2D eigenvalue weighted by molar-refractivity contribution is -0.131. The highest BCUT2D eigenvalue weighted by molar-refractivity contribution is 6.01. The van der Waals surface area contributed by atoms with Crippen LogP contribution in [-0.4, -0.2) is 31.1 Å². The molecule has 0 spiro atoms. The van der Waals surface area contributed by atoms with E-state index < -0.39 is 18.0 Å². The van der Waals surface area contributed by atoms with Gasteiger partial charge in [0, 0.05) is 12.5 Å². The Labute approximate surface area is 156 Å². The molecule has 1 atom stereocenters. The maximum atomic E-state index is 12.8. The highest BCUT2D eigenvalue weighted by atomic mass is 16.5. The topological polar surface area (TPSA) is 82.1 Å². The van der Waals surface area contributed by atoms with E-state index in [2.05, 4.69) is 0 Å². The van der Waals surface area contributed by atoms with Gasteiger partial charge in [0.15, 0.2) is 6.10 Å². The normalized spacial score (nSPS) is 15.6. The molecule has 7 nitrogen and oxygen atoms in total. The van der Waals surface area contributed by atoms with Crippen LogP contribution >= 0.6 is 0 Å². The molecular weight excluding hydrogens is 350 g/mol. The number of para-hydroxylation sites is 1. The van der Waals surface area contributed by atoms with E-state index in [0.29, 0.717) is 28.3 Å². The molecule has 0 aliphatic carbocycles. The van der Waals surface area contributed by atoms with Gasteiger partial charge in [0.05, 0.1) is 24.9 Å². The van der Waals surface area contributed by atoms with E-state index in [0.717, 1.165) is 0 Å². The molecule has 0 bridgehead atoms. The van der Waals surface area contributed by atoms with Crippen LogP contribution in [0, 0.1) is 0 Å². The van der Waals surface area contributed by atoms with Crippen molar-refractivity contribution in [1.29, 1.82) is 0 Å². The summed E-state index contributed by atoms with van der Waals surface area (Å²) in [6, 6.07) is 11.7. The monoisotopic (exact) mass is 369 g/mol. The van der Waals surface area contributed by atoms with Crippen molar-refractivity contribution in [3.8, 4) is 11.5 Å². The number of carbonyl (C=O) groups is 3. The van der Waals surface area contributed by atoms with Crippen LogP contribution in [0.4, 0.5) is 5.69 Å². The van der Waals surface area contributed by atoms with Gasteiger partial charge in [0.25, 0.3) is 5.91 Å². The van der Waals surface area contributed by atoms with Crippen LogP contribution < -0.4 is 14.4 Å². The first-order chi connectivity index (χ1) is 12.9. The Kier molecular flexibility index (Phi) is 5.12. The summed E-state index contributed by atoms with van der Waals surface area (Å²) >= 11 is 0. The summed E-state index contributed by atoms with van der Waals surface area (Å²) in [5.41, 5.74) is 1.42. The Morgan fingerprint density at radius 1 is 1.19 bits per heavy atom.